The molecule has 14 heteroatoms. The quantitative estimate of drug-likeness (QED) is 0.0901. The number of ketones is 3. The first-order valence-electron chi connectivity index (χ1n) is 14.6. The number of carbonyl (C=O) groups is 5. The van der Waals surface area contributed by atoms with E-state index >= 15 is 0 Å². The third-order valence-corrected chi connectivity index (χ3v) is 3.85. The number of aliphatic carboxylic acids is 1. The van der Waals surface area contributed by atoms with E-state index in [0.717, 1.165) is 25.7 Å². The summed E-state index contributed by atoms with van der Waals surface area (Å²) in [4.78, 5) is 50.9. The van der Waals surface area contributed by atoms with E-state index in [9.17, 15) is 37.1 Å². The van der Waals surface area contributed by atoms with E-state index in [1.807, 2.05) is 0 Å². The molecule has 1 saturated heterocycles. The summed E-state index contributed by atoms with van der Waals surface area (Å²) in [5.41, 5.74) is 0. The van der Waals surface area contributed by atoms with E-state index in [0.29, 0.717) is 38.2 Å². The van der Waals surface area contributed by atoms with Gasteiger partial charge in [0.05, 0.1) is 6.61 Å². The van der Waals surface area contributed by atoms with Gasteiger partial charge in [-0.05, 0) is 72.1 Å². The summed E-state index contributed by atoms with van der Waals surface area (Å²) in [6.45, 7) is 5.06. The number of rotatable bonds is 13. The Hall–Kier alpha value is -1.45. The maximum absolute atomic E-state index is 10.9. The fraction of sp³-hybridized carbons (Fsp3) is 0.786. The van der Waals surface area contributed by atoms with Crippen molar-refractivity contribution < 1.29 is 81.5 Å². The molecule has 1 aliphatic rings. The standard InChI is InChI=1S/C6H11ClO.2C6H12O2.C5H8O2.C2HF3O2.2CH4.CH3.Li/c3*1-6(8)4-2-3-5-7;6-5-3-1-2-4-7-5;3-2(4,5)1(6)7;;;;/h2-5H2,1H3;2*7H,2-5H2,1H3;1-4H2;(H,6,7);2*1H4;1H3;/q;;;;;;;-1;+1/i4D2;4D2,7D;;;;;;;/hD. The second-order valence-electron chi connectivity index (χ2n) is 7.41. The number of alkyl halides is 4. The van der Waals surface area contributed by atoms with Crippen LogP contribution in [0, 0.1) is 7.43 Å². The van der Waals surface area contributed by atoms with Gasteiger partial charge in [-0.1, -0.05) is 14.9 Å². The van der Waals surface area contributed by atoms with Crippen LogP contribution >= 0.6 is 11.6 Å². The number of unbranched alkanes of at least 4 members (excludes halogenated alkanes) is 1. The Labute approximate surface area is 277 Å². The fourth-order valence-electron chi connectivity index (χ4n) is 1.78. The molecule has 0 spiro atoms. The van der Waals surface area contributed by atoms with E-state index in [1.165, 1.54) is 13.8 Å². The van der Waals surface area contributed by atoms with E-state index in [1.54, 1.807) is 6.92 Å². The summed E-state index contributed by atoms with van der Waals surface area (Å²) in [6, 6.07) is 0. The third-order valence-electron chi connectivity index (χ3n) is 3.59. The van der Waals surface area contributed by atoms with Gasteiger partial charge in [0.25, 0.3) is 1.43 Å². The zero-order valence-electron chi connectivity index (χ0n) is 30.1. The Morgan fingerprint density at radius 2 is 1.40 bits per heavy atom. The van der Waals surface area contributed by atoms with E-state index in [-0.39, 0.29) is 78.9 Å². The number of hydrogen-bond acceptors (Lipinski definition) is 9. The van der Waals surface area contributed by atoms with E-state index < -0.39 is 36.5 Å². The first-order chi connectivity index (χ1) is 20.2. The maximum Gasteiger partial charge on any atom is 1.00 e. The molecule has 42 heavy (non-hydrogen) atoms. The minimum Gasteiger partial charge on any atom is -0.475 e. The van der Waals surface area contributed by atoms with Gasteiger partial charge in [0.1, 0.15) is 17.3 Å². The zero-order valence-corrected chi connectivity index (χ0v) is 24.9. The molecular weight excluding hydrogens is 580 g/mol. The van der Waals surface area contributed by atoms with Crippen molar-refractivity contribution in [2.24, 2.45) is 0 Å². The van der Waals surface area contributed by atoms with Crippen LogP contribution in [0.1, 0.15) is 118 Å². The normalized spacial score (nSPS) is 13.4. The van der Waals surface area contributed by atoms with Crippen molar-refractivity contribution in [1.82, 2.24) is 0 Å². The largest absolute Gasteiger partial charge is 1.00 e. The molecule has 3 N–H and O–H groups in total. The second kappa shape index (κ2) is 44.0. The molecule has 250 valence electrons. The first-order valence-corrected chi connectivity index (χ1v) is 12.4. The van der Waals surface area contributed by atoms with Crippen molar-refractivity contribution in [3.8, 4) is 0 Å². The SMILES string of the molecule is C.C.CC(=O)CCCCO.O=C1CCCCO1.[2H]C([2H])(CCCCl)C(C)=O.[2H]OC(=O)C(F)(F)F.[2H]OCCCC([2H])([2H])C(C)=O.[CH3-].[Li+]. The molecule has 0 amide bonds. The topological polar surface area (TPSA) is 155 Å². The van der Waals surface area contributed by atoms with Crippen LogP contribution in [-0.2, 0) is 28.7 Å². The Morgan fingerprint density at radius 1 is 0.905 bits per heavy atom. The molecule has 0 atom stereocenters. The molecule has 0 saturated carbocycles. The molecule has 0 bridgehead atoms. The van der Waals surface area contributed by atoms with Gasteiger partial charge < -0.3 is 41.9 Å². The van der Waals surface area contributed by atoms with Crippen LogP contribution in [0.25, 0.3) is 1.43 Å². The molecule has 0 aromatic carbocycles. The Kier molecular flexibility index (Phi) is 44.7. The van der Waals surface area contributed by atoms with Crippen LogP contribution in [0.3, 0.4) is 0 Å². The monoisotopic (exact) mass is 640 g/mol. The Balaban J connectivity index is -0.0000000685. The summed E-state index contributed by atoms with van der Waals surface area (Å²) < 4.78 is 77.6. The Morgan fingerprint density at radius 3 is 1.67 bits per heavy atom. The number of ether oxygens (including phenoxy) is 1. The van der Waals surface area contributed by atoms with Gasteiger partial charge >= 0.3 is 37.0 Å². The number of aliphatic hydroxyl groups is 2. The smallest absolute Gasteiger partial charge is 0.475 e. The number of hydrogen-bond donors (Lipinski definition) is 3. The number of carboxylic acids is 1. The number of cyclic esters (lactones) is 1. The fourth-order valence-corrected chi connectivity index (χ4v) is 1.92. The average molecular weight is 641 g/mol. The van der Waals surface area contributed by atoms with Crippen molar-refractivity contribution in [2.45, 2.75) is 119 Å². The zero-order chi connectivity index (χ0) is 35.4. The van der Waals surface area contributed by atoms with Crippen molar-refractivity contribution in [2.75, 3.05) is 25.7 Å². The van der Waals surface area contributed by atoms with Gasteiger partial charge in [0.2, 0.25) is 1.43 Å². The van der Waals surface area contributed by atoms with Crippen molar-refractivity contribution >= 4 is 40.9 Å². The molecular formula is C28H55ClF3LiO9. The van der Waals surface area contributed by atoms with Crippen molar-refractivity contribution in [3.63, 3.8) is 0 Å². The van der Waals surface area contributed by atoms with Crippen molar-refractivity contribution in [3.05, 3.63) is 7.43 Å². The predicted octanol–water partition coefficient (Wildman–Crippen LogP) is 3.53. The summed E-state index contributed by atoms with van der Waals surface area (Å²) in [5, 5.41) is 14.9. The van der Waals surface area contributed by atoms with Crippen molar-refractivity contribution in [1.29, 1.82) is 2.86 Å². The molecule has 1 aliphatic heterocycles. The number of carbonyl (C=O) groups excluding carboxylic acids is 4. The van der Waals surface area contributed by atoms with Gasteiger partial charge in [0.15, 0.2) is 0 Å². The molecule has 0 aromatic rings. The summed E-state index contributed by atoms with van der Waals surface area (Å²) in [5.74, 6) is -2.81. The van der Waals surface area contributed by atoms with Crippen LogP contribution in [0.4, 0.5) is 13.2 Å². The maximum atomic E-state index is 10.9. The van der Waals surface area contributed by atoms with E-state index in [2.05, 4.69) is 15.0 Å². The minimum atomic E-state index is -5.04. The van der Waals surface area contributed by atoms with Crippen LogP contribution in [0.5, 0.6) is 0 Å². The number of carboxylic acid groups (broad SMARTS) is 1. The third kappa shape index (κ3) is 71.6. The summed E-state index contributed by atoms with van der Waals surface area (Å²) in [6.07, 6.45) is -2.29. The molecule has 9 nitrogen and oxygen atoms in total. The minimum absolute atomic E-state index is 0. The van der Waals surface area contributed by atoms with Crippen LogP contribution in [0.15, 0.2) is 0 Å². The number of halogens is 4. The van der Waals surface area contributed by atoms with Crippen LogP contribution in [-0.4, -0.2) is 77.9 Å². The van der Waals surface area contributed by atoms with Gasteiger partial charge in [-0.3, -0.25) is 4.79 Å². The van der Waals surface area contributed by atoms with Crippen LogP contribution < -0.4 is 18.9 Å². The van der Waals surface area contributed by atoms with E-state index in [4.69, 9.17) is 25.1 Å². The molecule has 1 heterocycles. The molecule has 0 aromatic heterocycles. The number of esters is 1. The number of Topliss-reactive ketones (excluding diaryl/α,β-unsaturated/α-hetero) is 3. The summed E-state index contributed by atoms with van der Waals surface area (Å²) in [7, 11) is 0. The summed E-state index contributed by atoms with van der Waals surface area (Å²) >= 11 is 5.33. The average Bonchev–Trinajstić information content (AvgIpc) is 2.92. The Bertz CT molecular complexity index is 822. The molecule has 1 fully saturated rings. The van der Waals surface area contributed by atoms with Gasteiger partial charge in [0, 0.05) is 50.2 Å². The molecule has 1 rings (SSSR count). The molecule has 0 unspecified atom stereocenters. The molecule has 0 radical (unpaired) electrons. The van der Waals surface area contributed by atoms with Gasteiger partial charge in [-0.2, -0.15) is 13.2 Å². The van der Waals surface area contributed by atoms with Crippen LogP contribution in [0.2, 0.25) is 0 Å². The predicted molar refractivity (Wildman–Crippen MR) is 157 cm³/mol. The number of aliphatic hydroxyl groups excluding tert-OH is 2. The first kappa shape index (κ1) is 42.7. The second-order valence-corrected chi connectivity index (χ2v) is 7.79. The van der Waals surface area contributed by atoms with Gasteiger partial charge in [-0.15, -0.1) is 11.6 Å². The molecule has 0 aliphatic carbocycles. The van der Waals surface area contributed by atoms with Gasteiger partial charge in [-0.25, -0.2) is 4.79 Å².